The number of nitrogens with one attached hydrogen (secondary N) is 2. The number of amides is 3. The number of fused-ring (bicyclic) bond motifs is 2. The fraction of sp³-hybridized carbons (Fsp3) is 0.391. The van der Waals surface area contributed by atoms with Crippen molar-refractivity contribution in [2.24, 2.45) is 0 Å². The summed E-state index contributed by atoms with van der Waals surface area (Å²) in [4.78, 5) is 27.3. The molecule has 0 radical (unpaired) electrons. The maximum Gasteiger partial charge on any atom is 0.315 e. The van der Waals surface area contributed by atoms with Crippen LogP contribution < -0.4 is 10.6 Å². The Hall–Kier alpha value is -2.54. The number of benzene rings is 2. The van der Waals surface area contributed by atoms with Crippen LogP contribution in [-0.4, -0.2) is 35.7 Å². The van der Waals surface area contributed by atoms with Crippen molar-refractivity contribution in [3.8, 4) is 0 Å². The third-order valence-electron chi connectivity index (χ3n) is 5.67. The average Bonchev–Trinajstić information content (AvgIpc) is 2.77. The molecule has 5 nitrogen and oxygen atoms in total. The van der Waals surface area contributed by atoms with Crippen molar-refractivity contribution < 1.29 is 14.0 Å². The van der Waals surface area contributed by atoms with Crippen molar-refractivity contribution in [3.05, 3.63) is 65.0 Å². The van der Waals surface area contributed by atoms with Gasteiger partial charge in [-0.25, -0.2) is 9.18 Å². The van der Waals surface area contributed by atoms with Crippen molar-refractivity contribution >= 4 is 23.7 Å². The highest BCUT2D eigenvalue weighted by molar-refractivity contribution is 7.99. The van der Waals surface area contributed by atoms with Gasteiger partial charge < -0.3 is 15.5 Å². The van der Waals surface area contributed by atoms with Gasteiger partial charge in [-0.05, 0) is 42.0 Å². The molecule has 158 valence electrons. The summed E-state index contributed by atoms with van der Waals surface area (Å²) in [5, 5.41) is 5.77. The molecule has 2 heterocycles. The minimum atomic E-state index is -0.276. The zero-order valence-electron chi connectivity index (χ0n) is 16.8. The van der Waals surface area contributed by atoms with Crippen LogP contribution in [0.2, 0.25) is 0 Å². The molecule has 0 spiro atoms. The number of halogens is 1. The molecule has 0 saturated heterocycles. The maximum absolute atomic E-state index is 14.0. The molecule has 0 bridgehead atoms. The highest BCUT2D eigenvalue weighted by Gasteiger charge is 2.24. The van der Waals surface area contributed by atoms with Gasteiger partial charge in [-0.15, -0.1) is 11.8 Å². The zero-order valence-corrected chi connectivity index (χ0v) is 17.6. The van der Waals surface area contributed by atoms with E-state index in [0.29, 0.717) is 30.8 Å². The third-order valence-corrected chi connectivity index (χ3v) is 6.83. The average molecular weight is 428 g/mol. The van der Waals surface area contributed by atoms with Gasteiger partial charge in [0, 0.05) is 36.7 Å². The lowest BCUT2D eigenvalue weighted by Gasteiger charge is -2.29. The van der Waals surface area contributed by atoms with Crippen molar-refractivity contribution in [3.63, 3.8) is 0 Å². The normalized spacial score (nSPS) is 17.6. The second kappa shape index (κ2) is 9.51. The minimum Gasteiger partial charge on any atom is -0.338 e. The van der Waals surface area contributed by atoms with E-state index < -0.39 is 0 Å². The Morgan fingerprint density at radius 1 is 1.13 bits per heavy atom. The summed E-state index contributed by atoms with van der Waals surface area (Å²) < 4.78 is 14.0. The van der Waals surface area contributed by atoms with Crippen LogP contribution in [0.5, 0.6) is 0 Å². The molecule has 3 amide bonds. The topological polar surface area (TPSA) is 61.4 Å². The fourth-order valence-electron chi connectivity index (χ4n) is 4.05. The van der Waals surface area contributed by atoms with Gasteiger partial charge in [0.2, 0.25) is 5.91 Å². The number of hydrogen-bond donors (Lipinski definition) is 2. The van der Waals surface area contributed by atoms with Crippen LogP contribution in [0.15, 0.2) is 47.4 Å². The van der Waals surface area contributed by atoms with Gasteiger partial charge in [-0.2, -0.15) is 0 Å². The molecule has 1 unspecified atom stereocenters. The number of carbonyl (C=O) groups is 2. The Balaban J connectivity index is 1.20. The van der Waals surface area contributed by atoms with Gasteiger partial charge in [0.25, 0.3) is 0 Å². The first-order valence-electron chi connectivity index (χ1n) is 10.4. The molecule has 0 aliphatic carbocycles. The van der Waals surface area contributed by atoms with E-state index in [2.05, 4.69) is 22.8 Å². The predicted molar refractivity (Wildman–Crippen MR) is 116 cm³/mol. The molecule has 2 aliphatic heterocycles. The number of nitrogens with zero attached hydrogens (tertiary/aromatic N) is 1. The van der Waals surface area contributed by atoms with Gasteiger partial charge in [-0.3, -0.25) is 4.79 Å². The predicted octanol–water partition coefficient (Wildman–Crippen LogP) is 4.03. The van der Waals surface area contributed by atoms with E-state index in [4.69, 9.17) is 0 Å². The van der Waals surface area contributed by atoms with Gasteiger partial charge >= 0.3 is 6.03 Å². The zero-order chi connectivity index (χ0) is 20.9. The Morgan fingerprint density at radius 2 is 1.97 bits per heavy atom. The number of carbonyl (C=O) groups excluding carboxylic acids is 2. The molecular formula is C23H26FN3O2S. The van der Waals surface area contributed by atoms with Crippen LogP contribution in [-0.2, 0) is 17.8 Å². The van der Waals surface area contributed by atoms with Gasteiger partial charge in [-0.1, -0.05) is 36.4 Å². The molecule has 1 atom stereocenters. The molecule has 7 heteroatoms. The molecule has 2 aliphatic rings. The SMILES string of the molecule is O=C(NCCCC(=O)N1CCc2ccccc2C1)NC1CCSc2c(F)cccc21. The molecule has 2 N–H and O–H groups in total. The van der Waals surface area contributed by atoms with Gasteiger partial charge in [0.15, 0.2) is 0 Å². The van der Waals surface area contributed by atoms with Crippen LogP contribution in [0.1, 0.15) is 42.0 Å². The summed E-state index contributed by atoms with van der Waals surface area (Å²) in [6.07, 6.45) is 2.67. The van der Waals surface area contributed by atoms with Crippen molar-refractivity contribution in [1.29, 1.82) is 0 Å². The highest BCUT2D eigenvalue weighted by Crippen LogP contribution is 2.37. The molecule has 30 heavy (non-hydrogen) atoms. The van der Waals surface area contributed by atoms with E-state index in [1.54, 1.807) is 6.07 Å². The van der Waals surface area contributed by atoms with Gasteiger partial charge in [0.05, 0.1) is 6.04 Å². The second-order valence-electron chi connectivity index (χ2n) is 7.69. The Bertz CT molecular complexity index is 936. The van der Waals surface area contributed by atoms with Crippen molar-refractivity contribution in [2.45, 2.75) is 43.2 Å². The van der Waals surface area contributed by atoms with E-state index in [9.17, 15) is 14.0 Å². The second-order valence-corrected chi connectivity index (χ2v) is 8.79. The van der Waals surface area contributed by atoms with Crippen LogP contribution in [0.3, 0.4) is 0 Å². The molecule has 2 aromatic carbocycles. The first-order chi connectivity index (χ1) is 14.6. The van der Waals surface area contributed by atoms with Crippen LogP contribution in [0, 0.1) is 5.82 Å². The molecule has 0 fully saturated rings. The molecular weight excluding hydrogens is 401 g/mol. The number of rotatable bonds is 5. The quantitative estimate of drug-likeness (QED) is 0.709. The Labute approximate surface area is 180 Å². The minimum absolute atomic E-state index is 0.125. The summed E-state index contributed by atoms with van der Waals surface area (Å²) in [6.45, 7) is 1.84. The summed E-state index contributed by atoms with van der Waals surface area (Å²) in [6, 6.07) is 12.8. The van der Waals surface area contributed by atoms with Crippen molar-refractivity contribution in [2.75, 3.05) is 18.8 Å². The highest BCUT2D eigenvalue weighted by atomic mass is 32.2. The molecule has 4 rings (SSSR count). The van der Waals surface area contributed by atoms with E-state index in [1.807, 2.05) is 23.1 Å². The summed E-state index contributed by atoms with van der Waals surface area (Å²) in [7, 11) is 0. The largest absolute Gasteiger partial charge is 0.338 e. The van der Waals surface area contributed by atoms with Gasteiger partial charge in [0.1, 0.15) is 5.82 Å². The first-order valence-corrected chi connectivity index (χ1v) is 11.4. The molecule has 0 saturated carbocycles. The Morgan fingerprint density at radius 3 is 2.83 bits per heavy atom. The van der Waals surface area contributed by atoms with E-state index in [1.165, 1.54) is 29.0 Å². The summed E-state index contributed by atoms with van der Waals surface area (Å²) >= 11 is 1.49. The first kappa shape index (κ1) is 20.7. The van der Waals surface area contributed by atoms with Crippen LogP contribution in [0.25, 0.3) is 0 Å². The van der Waals surface area contributed by atoms with Crippen LogP contribution in [0.4, 0.5) is 9.18 Å². The molecule has 2 aromatic rings. The Kier molecular flexibility index (Phi) is 6.57. The number of hydrogen-bond acceptors (Lipinski definition) is 3. The van der Waals surface area contributed by atoms with Crippen molar-refractivity contribution in [1.82, 2.24) is 15.5 Å². The van der Waals surface area contributed by atoms with E-state index >= 15 is 0 Å². The number of thioether (sulfide) groups is 1. The molecule has 0 aromatic heterocycles. The van der Waals surface area contributed by atoms with E-state index in [-0.39, 0.29) is 23.8 Å². The summed E-state index contributed by atoms with van der Waals surface area (Å²) in [5.74, 6) is 0.662. The lowest BCUT2D eigenvalue weighted by molar-refractivity contribution is -0.132. The van der Waals surface area contributed by atoms with E-state index in [0.717, 1.165) is 30.7 Å². The lowest BCUT2D eigenvalue weighted by Crippen LogP contribution is -2.40. The third kappa shape index (κ3) is 4.78. The summed E-state index contributed by atoms with van der Waals surface area (Å²) in [5.41, 5.74) is 3.38. The fourth-order valence-corrected chi connectivity index (χ4v) is 5.19. The lowest BCUT2D eigenvalue weighted by atomic mass is 9.99. The maximum atomic E-state index is 14.0. The van der Waals surface area contributed by atoms with Crippen LogP contribution >= 0.6 is 11.8 Å². The monoisotopic (exact) mass is 427 g/mol. The smallest absolute Gasteiger partial charge is 0.315 e. The standard InChI is InChI=1S/C23H26FN3O2S/c24-19-8-3-7-18-20(11-14-30-22(18)19)26-23(29)25-12-4-9-21(28)27-13-10-16-5-1-2-6-17(16)15-27/h1-3,5-8,20H,4,9-15H2,(H2,25,26,29). The number of urea groups is 1.